The number of anilines is 1. The van der Waals surface area contributed by atoms with Gasteiger partial charge in [0, 0.05) is 10.8 Å². The molecule has 1 saturated carbocycles. The number of hydrazine groups is 1. The molecule has 1 aliphatic carbocycles. The molecule has 1 aliphatic rings. The van der Waals surface area contributed by atoms with E-state index in [0.717, 1.165) is 22.3 Å². The minimum absolute atomic E-state index is 0.371. The molecule has 0 saturated heterocycles. The van der Waals surface area contributed by atoms with E-state index in [1.54, 1.807) is 6.33 Å². The van der Waals surface area contributed by atoms with Crippen LogP contribution < -0.4 is 11.3 Å². The quantitative estimate of drug-likeness (QED) is 0.501. The van der Waals surface area contributed by atoms with Crippen molar-refractivity contribution in [3.8, 4) is 0 Å². The number of hydrogen-bond donors (Lipinski definition) is 2. The highest BCUT2D eigenvalue weighted by molar-refractivity contribution is 7.99. The molecule has 0 spiro atoms. The summed E-state index contributed by atoms with van der Waals surface area (Å²) in [5.41, 5.74) is 3.85. The van der Waals surface area contributed by atoms with Gasteiger partial charge in [-0.2, -0.15) is 0 Å². The van der Waals surface area contributed by atoms with Gasteiger partial charge in [-0.1, -0.05) is 33.6 Å². The molecule has 5 heteroatoms. The molecule has 2 unspecified atom stereocenters. The van der Waals surface area contributed by atoms with Gasteiger partial charge in [0.05, 0.1) is 0 Å². The highest BCUT2D eigenvalue weighted by atomic mass is 32.2. The summed E-state index contributed by atoms with van der Waals surface area (Å²) >= 11 is 1.91. The number of nitrogens with zero attached hydrogens (tertiary/aromatic N) is 2. The van der Waals surface area contributed by atoms with Crippen molar-refractivity contribution in [3.05, 3.63) is 11.9 Å². The summed E-state index contributed by atoms with van der Waals surface area (Å²) in [7, 11) is 0. The fourth-order valence-corrected chi connectivity index (χ4v) is 4.34. The molecule has 0 bridgehead atoms. The van der Waals surface area contributed by atoms with Gasteiger partial charge in [0.2, 0.25) is 0 Å². The van der Waals surface area contributed by atoms with Gasteiger partial charge in [-0.15, -0.1) is 11.8 Å². The monoisotopic (exact) mass is 280 g/mol. The second-order valence-electron chi connectivity index (χ2n) is 5.75. The first-order valence-corrected chi connectivity index (χ1v) is 7.98. The first-order chi connectivity index (χ1) is 9.11. The van der Waals surface area contributed by atoms with Crippen molar-refractivity contribution in [2.75, 3.05) is 5.43 Å². The van der Waals surface area contributed by atoms with E-state index in [4.69, 9.17) is 5.84 Å². The lowest BCUT2D eigenvalue weighted by Gasteiger charge is -2.27. The molecule has 3 N–H and O–H groups in total. The Morgan fingerprint density at radius 1 is 1.37 bits per heavy atom. The summed E-state index contributed by atoms with van der Waals surface area (Å²) in [6, 6.07) is 0. The Kier molecular flexibility index (Phi) is 5.05. The average molecular weight is 280 g/mol. The van der Waals surface area contributed by atoms with Gasteiger partial charge in [-0.3, -0.25) is 0 Å². The molecule has 0 radical (unpaired) electrons. The zero-order chi connectivity index (χ0) is 13.8. The predicted octanol–water partition coefficient (Wildman–Crippen LogP) is 3.56. The standard InChI is InChI=1S/C14H24N4S/c1-9(2)12-13(18-15)16-8-17-14(12)19-11-6-4-5-10(3)7-11/h8-11H,4-7,15H2,1-3H3,(H,16,17,18). The second-order valence-corrected chi connectivity index (χ2v) is 7.04. The molecule has 2 rings (SSSR count). The summed E-state index contributed by atoms with van der Waals surface area (Å²) in [6.07, 6.45) is 6.89. The number of aromatic nitrogens is 2. The molecule has 1 aromatic heterocycles. The molecule has 4 nitrogen and oxygen atoms in total. The largest absolute Gasteiger partial charge is 0.308 e. The lowest BCUT2D eigenvalue weighted by atomic mass is 9.91. The van der Waals surface area contributed by atoms with E-state index in [0.29, 0.717) is 11.2 Å². The van der Waals surface area contributed by atoms with Crippen LogP contribution in [0.1, 0.15) is 57.9 Å². The van der Waals surface area contributed by atoms with Crippen molar-refractivity contribution >= 4 is 17.6 Å². The zero-order valence-corrected chi connectivity index (χ0v) is 12.8. The highest BCUT2D eigenvalue weighted by Gasteiger charge is 2.23. The van der Waals surface area contributed by atoms with Crippen molar-refractivity contribution in [2.45, 2.75) is 62.6 Å². The van der Waals surface area contributed by atoms with E-state index in [-0.39, 0.29) is 0 Å². The lowest BCUT2D eigenvalue weighted by Crippen LogP contribution is -2.17. The Morgan fingerprint density at radius 2 is 2.16 bits per heavy atom. The van der Waals surface area contributed by atoms with E-state index >= 15 is 0 Å². The van der Waals surface area contributed by atoms with E-state index in [1.165, 1.54) is 25.7 Å². The van der Waals surface area contributed by atoms with Crippen LogP contribution in [0, 0.1) is 5.92 Å². The molecule has 0 aromatic carbocycles. The number of hydrogen-bond acceptors (Lipinski definition) is 5. The summed E-state index contributed by atoms with van der Waals surface area (Å²) in [6.45, 7) is 6.67. The molecule has 0 amide bonds. The van der Waals surface area contributed by atoms with Gasteiger partial charge in [0.1, 0.15) is 17.2 Å². The molecule has 1 heterocycles. The van der Waals surface area contributed by atoms with Crippen LogP contribution in [0.25, 0.3) is 0 Å². The highest BCUT2D eigenvalue weighted by Crippen LogP contribution is 2.39. The maximum atomic E-state index is 5.56. The van der Waals surface area contributed by atoms with Crippen molar-refractivity contribution in [3.63, 3.8) is 0 Å². The smallest absolute Gasteiger partial charge is 0.147 e. The average Bonchev–Trinajstić information content (AvgIpc) is 2.38. The van der Waals surface area contributed by atoms with E-state index in [2.05, 4.69) is 36.2 Å². The van der Waals surface area contributed by atoms with E-state index in [9.17, 15) is 0 Å². The van der Waals surface area contributed by atoms with Gasteiger partial charge in [0.15, 0.2) is 0 Å². The van der Waals surface area contributed by atoms with Gasteiger partial charge in [-0.25, -0.2) is 15.8 Å². The first-order valence-electron chi connectivity index (χ1n) is 7.10. The van der Waals surface area contributed by atoms with Crippen LogP contribution in [0.4, 0.5) is 5.82 Å². The molecule has 1 fully saturated rings. The molecular weight excluding hydrogens is 256 g/mol. The lowest BCUT2D eigenvalue weighted by molar-refractivity contribution is 0.394. The van der Waals surface area contributed by atoms with E-state index in [1.807, 2.05) is 11.8 Å². The Labute approximate surface area is 119 Å². The number of thioether (sulfide) groups is 1. The summed E-state index contributed by atoms with van der Waals surface area (Å²) in [5, 5.41) is 1.78. The summed E-state index contributed by atoms with van der Waals surface area (Å²) < 4.78 is 0. The fraction of sp³-hybridized carbons (Fsp3) is 0.714. The normalized spacial score (nSPS) is 23.6. The molecule has 106 valence electrons. The Morgan fingerprint density at radius 3 is 2.79 bits per heavy atom. The van der Waals surface area contributed by atoms with Crippen molar-refractivity contribution in [1.29, 1.82) is 0 Å². The molecule has 19 heavy (non-hydrogen) atoms. The third-order valence-electron chi connectivity index (χ3n) is 3.73. The SMILES string of the molecule is CC1CCCC(Sc2ncnc(NN)c2C(C)C)C1. The van der Waals surface area contributed by atoms with Crippen LogP contribution in [0.15, 0.2) is 11.4 Å². The van der Waals surface area contributed by atoms with Crippen molar-refractivity contribution < 1.29 is 0 Å². The third kappa shape index (κ3) is 3.60. The minimum Gasteiger partial charge on any atom is -0.308 e. The maximum absolute atomic E-state index is 5.56. The van der Waals surface area contributed by atoms with Crippen molar-refractivity contribution in [1.82, 2.24) is 9.97 Å². The van der Waals surface area contributed by atoms with E-state index < -0.39 is 0 Å². The van der Waals surface area contributed by atoms with Gasteiger partial charge >= 0.3 is 0 Å². The molecular formula is C14H24N4S. The number of rotatable bonds is 4. The van der Waals surface area contributed by atoms with Gasteiger partial charge in [0.25, 0.3) is 0 Å². The molecule has 2 atom stereocenters. The fourth-order valence-electron chi connectivity index (χ4n) is 2.75. The predicted molar refractivity (Wildman–Crippen MR) is 81.2 cm³/mol. The number of nitrogens with one attached hydrogen (secondary N) is 1. The van der Waals surface area contributed by atoms with Crippen LogP contribution in [0.5, 0.6) is 0 Å². The van der Waals surface area contributed by atoms with Crippen LogP contribution in [0.3, 0.4) is 0 Å². The number of nitrogens with two attached hydrogens (primary N) is 1. The zero-order valence-electron chi connectivity index (χ0n) is 12.0. The third-order valence-corrected chi connectivity index (χ3v) is 5.04. The topological polar surface area (TPSA) is 63.8 Å². The van der Waals surface area contributed by atoms with Crippen LogP contribution in [-0.2, 0) is 0 Å². The second kappa shape index (κ2) is 6.57. The number of nitrogen functional groups attached to an aromatic ring is 1. The Balaban J connectivity index is 2.19. The summed E-state index contributed by atoms with van der Waals surface area (Å²) in [5.74, 6) is 7.53. The van der Waals surface area contributed by atoms with Crippen LogP contribution >= 0.6 is 11.8 Å². The van der Waals surface area contributed by atoms with Gasteiger partial charge < -0.3 is 5.43 Å². The first kappa shape index (κ1) is 14.6. The van der Waals surface area contributed by atoms with Crippen molar-refractivity contribution in [2.24, 2.45) is 11.8 Å². The maximum Gasteiger partial charge on any atom is 0.147 e. The molecule has 1 aromatic rings. The van der Waals surface area contributed by atoms with Crippen LogP contribution in [0.2, 0.25) is 0 Å². The summed E-state index contributed by atoms with van der Waals surface area (Å²) in [4.78, 5) is 8.71. The molecule has 0 aliphatic heterocycles. The Bertz CT molecular complexity index is 422. The van der Waals surface area contributed by atoms with Gasteiger partial charge in [-0.05, 0) is 24.7 Å². The van der Waals surface area contributed by atoms with Crippen LogP contribution in [-0.4, -0.2) is 15.2 Å². The minimum atomic E-state index is 0.371. The Hall–Kier alpha value is -0.810.